The van der Waals surface area contributed by atoms with Crippen LogP contribution in [-0.4, -0.2) is 93.2 Å². The molecule has 186 valence electrons. The highest BCUT2D eigenvalue weighted by atomic mass is 16.4. The van der Waals surface area contributed by atoms with E-state index in [9.17, 15) is 28.8 Å². The summed E-state index contributed by atoms with van der Waals surface area (Å²) in [5, 5.41) is 30.5. The van der Waals surface area contributed by atoms with Crippen molar-refractivity contribution < 1.29 is 39.0 Å². The molecular weight excluding hydrogens is 428 g/mol. The van der Waals surface area contributed by atoms with E-state index >= 15 is 0 Å². The van der Waals surface area contributed by atoms with E-state index in [0.29, 0.717) is 6.54 Å². The first-order valence-electron chi connectivity index (χ1n) is 9.69. The predicted octanol–water partition coefficient (Wildman–Crippen LogP) is -2.73. The first-order valence-corrected chi connectivity index (χ1v) is 9.69. The van der Waals surface area contributed by atoms with Crippen LogP contribution < -0.4 is 31.9 Å². The molecule has 14 heteroatoms. The number of aliphatic hydroxyl groups excluding tert-OH is 1. The Kier molecular flexibility index (Phi) is 23.1. The summed E-state index contributed by atoms with van der Waals surface area (Å²) in [4.78, 5) is 63.3. The summed E-state index contributed by atoms with van der Waals surface area (Å²) in [7, 11) is 5.93. The quantitative estimate of drug-likeness (QED) is 0.169. The van der Waals surface area contributed by atoms with Crippen molar-refractivity contribution in [3.05, 3.63) is 0 Å². The Hall–Kier alpha value is -3.42. The summed E-state index contributed by atoms with van der Waals surface area (Å²) < 4.78 is 0. The van der Waals surface area contributed by atoms with E-state index in [4.69, 9.17) is 10.2 Å². The van der Waals surface area contributed by atoms with Gasteiger partial charge < -0.3 is 42.1 Å². The largest absolute Gasteiger partial charge is 0.465 e. The molecule has 14 nitrogen and oxygen atoms in total. The molecule has 0 aromatic rings. The third-order valence-electron chi connectivity index (χ3n) is 3.33. The van der Waals surface area contributed by atoms with Crippen molar-refractivity contribution in [2.24, 2.45) is 0 Å². The van der Waals surface area contributed by atoms with Gasteiger partial charge in [0, 0.05) is 67.0 Å². The van der Waals surface area contributed by atoms with Gasteiger partial charge in [-0.15, -0.1) is 0 Å². The highest BCUT2D eigenvalue weighted by molar-refractivity contribution is 5.84. The first-order chi connectivity index (χ1) is 14.9. The zero-order valence-electron chi connectivity index (χ0n) is 19.2. The summed E-state index contributed by atoms with van der Waals surface area (Å²) in [5.74, 6) is -1.11. The molecule has 0 radical (unpaired) electrons. The normalized spacial score (nSPS) is 9.81. The summed E-state index contributed by atoms with van der Waals surface area (Å²) in [6, 6.07) is 0. The number of carbonyl (C=O) groups excluding carboxylic acids is 5. The van der Waals surface area contributed by atoms with Crippen molar-refractivity contribution in [2.75, 3.05) is 41.3 Å². The van der Waals surface area contributed by atoms with Crippen molar-refractivity contribution in [1.29, 1.82) is 0 Å². The number of rotatable bonds is 10. The summed E-state index contributed by atoms with van der Waals surface area (Å²) in [6.45, 7) is 1.92. The van der Waals surface area contributed by atoms with Crippen molar-refractivity contribution in [2.45, 2.75) is 38.7 Å². The average Bonchev–Trinajstić information content (AvgIpc) is 2.77. The van der Waals surface area contributed by atoms with E-state index in [1.165, 1.54) is 35.1 Å². The van der Waals surface area contributed by atoms with Crippen LogP contribution in [0.1, 0.15) is 32.6 Å². The maximum atomic E-state index is 11.1. The van der Waals surface area contributed by atoms with Gasteiger partial charge in [0.1, 0.15) is 6.10 Å². The van der Waals surface area contributed by atoms with E-state index < -0.39 is 18.1 Å². The molecule has 0 saturated carbocycles. The highest BCUT2D eigenvalue weighted by Crippen LogP contribution is 1.88. The zero-order valence-corrected chi connectivity index (χ0v) is 19.2. The molecular formula is C18H36N6O8. The molecule has 1 atom stereocenters. The Morgan fingerprint density at radius 2 is 0.969 bits per heavy atom. The molecule has 6 amide bonds. The molecule has 0 aliphatic heterocycles. The monoisotopic (exact) mass is 464 g/mol. The molecule has 1 unspecified atom stereocenters. The second-order valence-corrected chi connectivity index (χ2v) is 5.89. The standard InChI is InChI=1S/C9H17N3O3.C7H14N2O3.C2H5NO2/c1-10-7(13)3-4-9(15)12-6-5-8(14)11-2;1-5(10)7(12)9-4-3-6(11)8-2;1-3-2(4)5/h3-6H2,1-2H3,(H,10,13)(H,11,14)(H,12,15);5,10H,3-4H2,1-2H3,(H,8,11)(H,9,12);3H,1H3,(H,4,5). The predicted molar refractivity (Wildman–Crippen MR) is 115 cm³/mol. The number of aliphatic hydroxyl groups is 1. The molecule has 0 saturated heterocycles. The third-order valence-corrected chi connectivity index (χ3v) is 3.33. The lowest BCUT2D eigenvalue weighted by Gasteiger charge is -2.05. The number of hydrogen-bond donors (Lipinski definition) is 8. The molecule has 0 aromatic carbocycles. The molecule has 32 heavy (non-hydrogen) atoms. The number of amides is 6. The van der Waals surface area contributed by atoms with Crippen molar-refractivity contribution in [3.8, 4) is 0 Å². The second-order valence-electron chi connectivity index (χ2n) is 5.89. The van der Waals surface area contributed by atoms with Crippen LogP contribution in [0.15, 0.2) is 0 Å². The molecule has 0 rings (SSSR count). The van der Waals surface area contributed by atoms with Gasteiger partial charge in [-0.25, -0.2) is 4.79 Å². The lowest BCUT2D eigenvalue weighted by Crippen LogP contribution is -2.35. The van der Waals surface area contributed by atoms with Crippen LogP contribution in [0.25, 0.3) is 0 Å². The van der Waals surface area contributed by atoms with E-state index in [-0.39, 0.29) is 55.9 Å². The fourth-order valence-electron chi connectivity index (χ4n) is 1.45. The molecule has 8 N–H and O–H groups in total. The minimum atomic E-state index is -1.02. The van der Waals surface area contributed by atoms with Gasteiger partial charge in [0.2, 0.25) is 29.5 Å². The third kappa shape index (κ3) is 26.6. The fourth-order valence-corrected chi connectivity index (χ4v) is 1.45. The molecule has 0 heterocycles. The van der Waals surface area contributed by atoms with Crippen LogP contribution >= 0.6 is 0 Å². The van der Waals surface area contributed by atoms with Crippen LogP contribution in [0.2, 0.25) is 0 Å². The van der Waals surface area contributed by atoms with Crippen LogP contribution in [-0.2, 0) is 24.0 Å². The van der Waals surface area contributed by atoms with Crippen molar-refractivity contribution in [3.63, 3.8) is 0 Å². The average molecular weight is 465 g/mol. The molecule has 0 aliphatic rings. The molecule has 0 aromatic heterocycles. The van der Waals surface area contributed by atoms with E-state index in [1.807, 2.05) is 5.32 Å². The number of nitrogens with one attached hydrogen (secondary N) is 6. The Bertz CT molecular complexity index is 598. The Morgan fingerprint density at radius 1 is 0.625 bits per heavy atom. The van der Waals surface area contributed by atoms with Gasteiger partial charge >= 0.3 is 6.09 Å². The Balaban J connectivity index is -0.000000441. The SMILES string of the molecule is CNC(=O)CCNC(=O)C(C)O.CNC(=O)CCNC(=O)CCC(=O)NC.CNC(=O)O. The summed E-state index contributed by atoms with van der Waals surface area (Å²) in [5.41, 5.74) is 0. The maximum absolute atomic E-state index is 11.1. The lowest BCUT2D eigenvalue weighted by atomic mass is 10.3. The topological polar surface area (TPSA) is 215 Å². The van der Waals surface area contributed by atoms with Gasteiger partial charge in [-0.2, -0.15) is 0 Å². The van der Waals surface area contributed by atoms with Crippen LogP contribution in [0.4, 0.5) is 4.79 Å². The Morgan fingerprint density at radius 3 is 1.31 bits per heavy atom. The van der Waals surface area contributed by atoms with Crippen LogP contribution in [0.3, 0.4) is 0 Å². The molecule has 0 bridgehead atoms. The fraction of sp³-hybridized carbons (Fsp3) is 0.667. The van der Waals surface area contributed by atoms with E-state index in [1.54, 1.807) is 0 Å². The van der Waals surface area contributed by atoms with Gasteiger partial charge in [-0.1, -0.05) is 0 Å². The highest BCUT2D eigenvalue weighted by Gasteiger charge is 2.07. The van der Waals surface area contributed by atoms with E-state index in [2.05, 4.69) is 26.6 Å². The smallest absolute Gasteiger partial charge is 0.404 e. The van der Waals surface area contributed by atoms with E-state index in [0.717, 1.165) is 0 Å². The van der Waals surface area contributed by atoms with Crippen LogP contribution in [0.5, 0.6) is 0 Å². The maximum Gasteiger partial charge on any atom is 0.404 e. The minimum Gasteiger partial charge on any atom is -0.465 e. The first kappa shape index (κ1) is 33.2. The van der Waals surface area contributed by atoms with Gasteiger partial charge in [-0.3, -0.25) is 24.0 Å². The number of carboxylic acid groups (broad SMARTS) is 1. The van der Waals surface area contributed by atoms with Crippen molar-refractivity contribution >= 4 is 35.6 Å². The number of carbonyl (C=O) groups is 6. The Labute approximate surface area is 187 Å². The second kappa shape index (κ2) is 22.3. The zero-order chi connectivity index (χ0) is 25.5. The summed E-state index contributed by atoms with van der Waals surface area (Å²) in [6.07, 6.45) is -1.22. The van der Waals surface area contributed by atoms with Crippen LogP contribution in [0, 0.1) is 0 Å². The summed E-state index contributed by atoms with van der Waals surface area (Å²) >= 11 is 0. The van der Waals surface area contributed by atoms with Gasteiger partial charge in [-0.05, 0) is 6.92 Å². The lowest BCUT2D eigenvalue weighted by molar-refractivity contribution is -0.128. The van der Waals surface area contributed by atoms with Gasteiger partial charge in [0.05, 0.1) is 0 Å². The molecule has 0 fully saturated rings. The number of hydrogen-bond acceptors (Lipinski definition) is 7. The molecule has 0 aliphatic carbocycles. The molecule has 0 spiro atoms. The van der Waals surface area contributed by atoms with Crippen molar-refractivity contribution in [1.82, 2.24) is 31.9 Å². The van der Waals surface area contributed by atoms with Gasteiger partial charge in [0.25, 0.3) is 0 Å². The minimum absolute atomic E-state index is 0.124. The van der Waals surface area contributed by atoms with Gasteiger partial charge in [0.15, 0.2) is 0 Å².